The number of aromatic nitrogens is 5. The molecule has 4 aromatic rings. The molecule has 0 N–H and O–H groups in total. The second kappa shape index (κ2) is 13.0. The van der Waals surface area contributed by atoms with E-state index in [1.807, 2.05) is 32.9 Å². The lowest BCUT2D eigenvalue weighted by Gasteiger charge is -2.23. The van der Waals surface area contributed by atoms with Crippen molar-refractivity contribution in [3.63, 3.8) is 0 Å². The van der Waals surface area contributed by atoms with Gasteiger partial charge in [-0.1, -0.05) is 43.1 Å². The van der Waals surface area contributed by atoms with E-state index < -0.39 is 11.9 Å². The number of nitrogens with zero attached hydrogens (tertiary/aromatic N) is 5. The maximum absolute atomic E-state index is 13.6. The molecule has 1 atom stereocenters. The molecule has 0 saturated heterocycles. The van der Waals surface area contributed by atoms with Crippen LogP contribution in [0.15, 0.2) is 41.5 Å². The molecule has 0 saturated carbocycles. The number of carbonyl (C=O) groups excluding carboxylic acids is 1. The molecule has 3 heterocycles. The number of methoxy groups -OCH3 is 2. The van der Waals surface area contributed by atoms with Crippen LogP contribution in [0.3, 0.4) is 0 Å². The lowest BCUT2D eigenvalue weighted by Crippen LogP contribution is -2.23. The third-order valence-corrected chi connectivity index (χ3v) is 7.34. The summed E-state index contributed by atoms with van der Waals surface area (Å²) in [5.74, 6) is -1.06. The smallest absolute Gasteiger partial charge is 0.359 e. The van der Waals surface area contributed by atoms with Crippen molar-refractivity contribution >= 4 is 29.2 Å². The third-order valence-electron chi connectivity index (χ3n) is 6.90. The van der Waals surface area contributed by atoms with E-state index in [0.717, 1.165) is 11.1 Å². The first-order valence-electron chi connectivity index (χ1n) is 13.4. The quantitative estimate of drug-likeness (QED) is 0.210. The Morgan fingerprint density at radius 3 is 2.45 bits per heavy atom. The first-order valence-corrected chi connectivity index (χ1v) is 14.1. The summed E-state index contributed by atoms with van der Waals surface area (Å²) in [6.45, 7) is 7.81. The van der Waals surface area contributed by atoms with Crippen LogP contribution in [0.2, 0.25) is 10.0 Å². The van der Waals surface area contributed by atoms with Crippen LogP contribution in [0, 0.1) is 6.92 Å². The van der Waals surface area contributed by atoms with Crippen LogP contribution in [-0.4, -0.2) is 51.1 Å². The standard InChI is InChI=1S/C30H33Cl2N5O5/c1-8-42-29(39)25-24(26(16(2)3)37(35-25)23-14-33-30(41-7)34-27(23)40-6)22(21-10-9-19(31)11-17(21)4)13-18-12-20(32)15-36(5)28(18)38/h9-12,14-16,22H,8,13H2,1-7H3. The highest BCUT2D eigenvalue weighted by Gasteiger charge is 2.34. The summed E-state index contributed by atoms with van der Waals surface area (Å²) in [4.78, 5) is 35.4. The Balaban J connectivity index is 2.10. The second-order valence-electron chi connectivity index (χ2n) is 10.0. The Morgan fingerprint density at radius 2 is 1.83 bits per heavy atom. The summed E-state index contributed by atoms with van der Waals surface area (Å²) in [5, 5.41) is 5.77. The Bertz CT molecular complexity index is 1680. The number of carbonyl (C=O) groups is 1. The molecule has 0 aliphatic rings. The second-order valence-corrected chi connectivity index (χ2v) is 10.9. The fourth-order valence-electron chi connectivity index (χ4n) is 5.11. The van der Waals surface area contributed by atoms with Crippen LogP contribution in [0.4, 0.5) is 0 Å². The molecular formula is C30H33Cl2N5O5. The first-order chi connectivity index (χ1) is 20.0. The molecule has 0 radical (unpaired) electrons. The molecule has 0 aliphatic carbocycles. The van der Waals surface area contributed by atoms with Crippen molar-refractivity contribution in [2.24, 2.45) is 7.05 Å². The van der Waals surface area contributed by atoms with E-state index in [-0.39, 0.29) is 42.1 Å². The fourth-order valence-corrected chi connectivity index (χ4v) is 5.62. The van der Waals surface area contributed by atoms with Crippen LogP contribution in [0.5, 0.6) is 11.9 Å². The highest BCUT2D eigenvalue weighted by Crippen LogP contribution is 2.40. The highest BCUT2D eigenvalue weighted by atomic mass is 35.5. The molecule has 1 aromatic carbocycles. The van der Waals surface area contributed by atoms with Gasteiger partial charge in [-0.05, 0) is 55.5 Å². The van der Waals surface area contributed by atoms with E-state index in [4.69, 9.17) is 42.5 Å². The number of aryl methyl sites for hydroxylation is 2. The van der Waals surface area contributed by atoms with Crippen molar-refractivity contribution in [1.29, 1.82) is 0 Å². The van der Waals surface area contributed by atoms with Gasteiger partial charge in [0.15, 0.2) is 5.69 Å². The Hall–Kier alpha value is -3.89. The predicted molar refractivity (Wildman–Crippen MR) is 161 cm³/mol. The molecule has 12 heteroatoms. The largest absolute Gasteiger partial charge is 0.479 e. The molecule has 0 aliphatic heterocycles. The highest BCUT2D eigenvalue weighted by molar-refractivity contribution is 6.30. The third kappa shape index (κ3) is 6.15. The van der Waals surface area contributed by atoms with E-state index in [1.54, 1.807) is 37.0 Å². The van der Waals surface area contributed by atoms with Gasteiger partial charge in [-0.15, -0.1) is 0 Å². The molecule has 1 unspecified atom stereocenters. The van der Waals surface area contributed by atoms with Crippen LogP contribution in [0.25, 0.3) is 5.69 Å². The summed E-state index contributed by atoms with van der Waals surface area (Å²) in [6, 6.07) is 7.32. The number of pyridine rings is 1. The molecule has 0 fully saturated rings. The van der Waals surface area contributed by atoms with Crippen molar-refractivity contribution in [3.05, 3.63) is 90.7 Å². The van der Waals surface area contributed by atoms with E-state index in [2.05, 4.69) is 9.97 Å². The van der Waals surface area contributed by atoms with Gasteiger partial charge >= 0.3 is 12.0 Å². The van der Waals surface area contributed by atoms with Crippen LogP contribution in [0.1, 0.15) is 71.0 Å². The molecule has 3 aromatic heterocycles. The van der Waals surface area contributed by atoms with E-state index in [0.29, 0.717) is 32.6 Å². The Kier molecular flexibility index (Phi) is 9.58. The zero-order valence-electron chi connectivity index (χ0n) is 24.6. The summed E-state index contributed by atoms with van der Waals surface area (Å²) >= 11 is 12.7. The maximum Gasteiger partial charge on any atom is 0.359 e. The van der Waals surface area contributed by atoms with Crippen molar-refractivity contribution in [2.75, 3.05) is 20.8 Å². The summed E-state index contributed by atoms with van der Waals surface area (Å²) in [7, 11) is 4.58. The van der Waals surface area contributed by atoms with E-state index in [1.165, 1.54) is 25.0 Å². The van der Waals surface area contributed by atoms with Gasteiger partial charge in [0, 0.05) is 35.3 Å². The molecule has 4 rings (SSSR count). The molecule has 0 bridgehead atoms. The molecular weight excluding hydrogens is 581 g/mol. The van der Waals surface area contributed by atoms with Crippen molar-refractivity contribution in [2.45, 2.75) is 46.0 Å². The van der Waals surface area contributed by atoms with E-state index in [9.17, 15) is 9.59 Å². The molecule has 0 amide bonds. The van der Waals surface area contributed by atoms with Crippen molar-refractivity contribution < 1.29 is 19.0 Å². The first kappa shape index (κ1) is 31.1. The fraction of sp³-hybridized carbons (Fsp3) is 0.367. The zero-order valence-corrected chi connectivity index (χ0v) is 26.1. The van der Waals surface area contributed by atoms with Gasteiger partial charge < -0.3 is 18.8 Å². The van der Waals surface area contributed by atoms with Crippen LogP contribution >= 0.6 is 23.2 Å². The average Bonchev–Trinajstić information content (AvgIpc) is 3.35. The Labute approximate surface area is 254 Å². The molecule has 10 nitrogen and oxygen atoms in total. The molecule has 0 spiro atoms. The number of halogens is 2. The van der Waals surface area contributed by atoms with Gasteiger partial charge in [0.25, 0.3) is 5.56 Å². The summed E-state index contributed by atoms with van der Waals surface area (Å²) < 4.78 is 19.3. The normalized spacial score (nSPS) is 12.0. The van der Waals surface area contributed by atoms with Crippen LogP contribution < -0.4 is 15.0 Å². The number of benzene rings is 1. The predicted octanol–water partition coefficient (Wildman–Crippen LogP) is 5.67. The van der Waals surface area contributed by atoms with Gasteiger partial charge in [-0.3, -0.25) is 4.79 Å². The number of esters is 1. The minimum Gasteiger partial charge on any atom is -0.479 e. The lowest BCUT2D eigenvalue weighted by molar-refractivity contribution is 0.0517. The SMILES string of the molecule is CCOC(=O)c1nn(-c2cnc(OC)nc2OC)c(C(C)C)c1C(Cc1cc(Cl)cn(C)c1=O)c1ccc(Cl)cc1C. The van der Waals surface area contributed by atoms with E-state index >= 15 is 0 Å². The minimum absolute atomic E-state index is 0.108. The molecule has 222 valence electrons. The van der Waals surface area contributed by atoms with Crippen molar-refractivity contribution in [3.8, 4) is 17.6 Å². The average molecular weight is 615 g/mol. The number of hydrogen-bond donors (Lipinski definition) is 0. The molecule has 42 heavy (non-hydrogen) atoms. The van der Waals surface area contributed by atoms with Gasteiger partial charge in [-0.2, -0.15) is 10.1 Å². The maximum atomic E-state index is 13.6. The van der Waals surface area contributed by atoms with Crippen LogP contribution in [-0.2, 0) is 18.2 Å². The monoisotopic (exact) mass is 613 g/mol. The minimum atomic E-state index is -0.600. The van der Waals surface area contributed by atoms with Gasteiger partial charge in [0.05, 0.1) is 37.7 Å². The van der Waals surface area contributed by atoms with Gasteiger partial charge in [-0.25, -0.2) is 14.5 Å². The summed E-state index contributed by atoms with van der Waals surface area (Å²) in [6.07, 6.45) is 3.31. The van der Waals surface area contributed by atoms with Gasteiger partial charge in [0.1, 0.15) is 5.69 Å². The number of ether oxygens (including phenoxy) is 3. The van der Waals surface area contributed by atoms with Gasteiger partial charge in [0.2, 0.25) is 5.88 Å². The summed E-state index contributed by atoms with van der Waals surface area (Å²) in [5.41, 5.74) is 3.85. The lowest BCUT2D eigenvalue weighted by atomic mass is 9.81. The topological polar surface area (TPSA) is 110 Å². The number of hydrogen-bond acceptors (Lipinski definition) is 8. The number of rotatable bonds is 10. The zero-order chi connectivity index (χ0) is 30.7. The Morgan fingerprint density at radius 1 is 1.10 bits per heavy atom. The van der Waals surface area contributed by atoms with Crippen molar-refractivity contribution in [1.82, 2.24) is 24.3 Å².